The Morgan fingerprint density at radius 3 is 2.86 bits per heavy atom. The fourth-order valence-electron chi connectivity index (χ4n) is 2.31. The van der Waals surface area contributed by atoms with Gasteiger partial charge in [-0.1, -0.05) is 30.0 Å². The molecule has 0 saturated heterocycles. The molecule has 0 aliphatic heterocycles. The Morgan fingerprint density at radius 2 is 2.07 bits per heavy atom. The van der Waals surface area contributed by atoms with Crippen molar-refractivity contribution in [3.63, 3.8) is 0 Å². The van der Waals surface area contributed by atoms with Crippen molar-refractivity contribution in [2.75, 3.05) is 15.8 Å². The van der Waals surface area contributed by atoms with E-state index < -0.39 is 11.0 Å². The van der Waals surface area contributed by atoms with Gasteiger partial charge in [-0.2, -0.15) is 0 Å². The molecular formula is C18H14N4O3S3. The zero-order valence-electron chi connectivity index (χ0n) is 14.3. The molecule has 0 spiro atoms. The van der Waals surface area contributed by atoms with Crippen molar-refractivity contribution in [3.05, 3.63) is 61.0 Å². The van der Waals surface area contributed by atoms with E-state index in [4.69, 9.17) is 4.42 Å². The Balaban J connectivity index is 1.40. The summed E-state index contributed by atoms with van der Waals surface area (Å²) >= 11 is 2.82. The minimum absolute atomic E-state index is 0.178. The van der Waals surface area contributed by atoms with E-state index in [9.17, 15) is 9.00 Å². The van der Waals surface area contributed by atoms with Crippen LogP contribution in [0.25, 0.3) is 10.2 Å². The molecule has 2 aromatic carbocycles. The van der Waals surface area contributed by atoms with Crippen molar-refractivity contribution < 1.29 is 13.4 Å². The number of oxazole rings is 1. The minimum atomic E-state index is -1.33. The second kappa shape index (κ2) is 8.55. The van der Waals surface area contributed by atoms with Crippen molar-refractivity contribution >= 4 is 61.9 Å². The van der Waals surface area contributed by atoms with Crippen LogP contribution in [0.15, 0.2) is 74.6 Å². The lowest BCUT2D eigenvalue weighted by molar-refractivity contribution is -0.113. The van der Waals surface area contributed by atoms with Crippen molar-refractivity contribution in [2.45, 2.75) is 9.24 Å². The first-order valence-electron chi connectivity index (χ1n) is 8.13. The van der Waals surface area contributed by atoms with E-state index in [1.807, 2.05) is 48.5 Å². The van der Waals surface area contributed by atoms with Gasteiger partial charge in [0.15, 0.2) is 4.34 Å². The molecule has 1 amide bonds. The maximum absolute atomic E-state index is 12.4. The maximum Gasteiger partial charge on any atom is 0.301 e. The first kappa shape index (κ1) is 18.7. The van der Waals surface area contributed by atoms with Gasteiger partial charge in [-0.05, 0) is 30.3 Å². The molecule has 2 heterocycles. The van der Waals surface area contributed by atoms with Crippen molar-refractivity contribution in [1.82, 2.24) is 9.97 Å². The summed E-state index contributed by atoms with van der Waals surface area (Å²) in [4.78, 5) is 21.0. The monoisotopic (exact) mass is 430 g/mol. The van der Waals surface area contributed by atoms with Crippen LogP contribution in [0, 0.1) is 0 Å². The van der Waals surface area contributed by atoms with Crippen LogP contribution in [0.5, 0.6) is 0 Å². The Kier molecular flexibility index (Phi) is 5.70. The van der Waals surface area contributed by atoms with Gasteiger partial charge in [-0.3, -0.25) is 10.1 Å². The van der Waals surface area contributed by atoms with E-state index in [0.717, 1.165) is 20.2 Å². The first-order valence-corrected chi connectivity index (χ1v) is 11.1. The second-order valence-corrected chi connectivity index (χ2v) is 8.99. The lowest BCUT2D eigenvalue weighted by Crippen LogP contribution is -2.14. The van der Waals surface area contributed by atoms with Gasteiger partial charge >= 0.3 is 6.01 Å². The largest absolute Gasteiger partial charge is 0.432 e. The molecule has 0 aliphatic carbocycles. The van der Waals surface area contributed by atoms with Gasteiger partial charge in [0.1, 0.15) is 17.2 Å². The molecule has 1 unspecified atom stereocenters. The van der Waals surface area contributed by atoms with Gasteiger partial charge in [0.2, 0.25) is 5.91 Å². The molecule has 4 aromatic rings. The number of nitrogens with zero attached hydrogens (tertiary/aromatic N) is 2. The van der Waals surface area contributed by atoms with Gasteiger partial charge in [0.25, 0.3) is 0 Å². The number of anilines is 2. The zero-order chi connectivity index (χ0) is 19.3. The van der Waals surface area contributed by atoms with Crippen molar-refractivity contribution in [1.29, 1.82) is 0 Å². The molecule has 2 aromatic heterocycles. The molecule has 0 radical (unpaired) electrons. The summed E-state index contributed by atoms with van der Waals surface area (Å²) in [6.07, 6.45) is 2.86. The number of hydrogen-bond acceptors (Lipinski definition) is 7. The summed E-state index contributed by atoms with van der Waals surface area (Å²) in [5.41, 5.74) is 1.58. The number of carbonyl (C=O) groups is 1. The van der Waals surface area contributed by atoms with Crippen molar-refractivity contribution in [2.24, 2.45) is 0 Å². The highest BCUT2D eigenvalue weighted by Crippen LogP contribution is 2.31. The van der Waals surface area contributed by atoms with E-state index >= 15 is 0 Å². The van der Waals surface area contributed by atoms with Crippen LogP contribution < -0.4 is 10.0 Å². The molecule has 0 bridgehead atoms. The summed E-state index contributed by atoms with van der Waals surface area (Å²) < 4.78 is 22.1. The number of amides is 1. The molecule has 0 saturated carbocycles. The van der Waals surface area contributed by atoms with Crippen LogP contribution in [0.1, 0.15) is 0 Å². The fraction of sp³-hybridized carbons (Fsp3) is 0.0556. The highest BCUT2D eigenvalue weighted by molar-refractivity contribution is 8.01. The van der Waals surface area contributed by atoms with E-state index in [1.54, 1.807) is 0 Å². The Hall–Kier alpha value is -2.69. The quantitative estimate of drug-likeness (QED) is 0.428. The molecule has 142 valence electrons. The number of thioether (sulfide) groups is 1. The highest BCUT2D eigenvalue weighted by atomic mass is 32.2. The Labute approximate surface area is 171 Å². The highest BCUT2D eigenvalue weighted by Gasteiger charge is 2.11. The number of rotatable bonds is 7. The fourth-order valence-corrected chi connectivity index (χ4v) is 5.08. The number of fused-ring (bicyclic) bond motifs is 1. The topological polar surface area (TPSA) is 97.1 Å². The third kappa shape index (κ3) is 4.58. The van der Waals surface area contributed by atoms with Crippen LogP contribution in [0.4, 0.5) is 11.7 Å². The maximum atomic E-state index is 12.4. The van der Waals surface area contributed by atoms with Crippen LogP contribution in [0.2, 0.25) is 0 Å². The number of carbonyl (C=O) groups excluding carboxylic acids is 1. The van der Waals surface area contributed by atoms with Crippen LogP contribution >= 0.6 is 23.1 Å². The molecule has 1 atom stereocenters. The van der Waals surface area contributed by atoms with Gasteiger partial charge < -0.3 is 9.14 Å². The standard InChI is InChI=1S/C18H14N4O3S3/c23-16(21-17-19-8-9-25-17)11-26-18-20-14-7-6-12(10-15(14)27-18)22-28(24)13-4-2-1-3-5-13/h1-10,22H,11H2,(H,19,21,23). The van der Waals surface area contributed by atoms with Gasteiger partial charge in [-0.25, -0.2) is 14.2 Å². The molecule has 10 heteroatoms. The first-order chi connectivity index (χ1) is 13.7. The van der Waals surface area contributed by atoms with Gasteiger partial charge in [-0.15, -0.1) is 11.3 Å². The third-order valence-electron chi connectivity index (χ3n) is 3.54. The summed E-state index contributed by atoms with van der Waals surface area (Å²) in [6.45, 7) is 0. The van der Waals surface area contributed by atoms with Crippen LogP contribution in [0.3, 0.4) is 0 Å². The smallest absolute Gasteiger partial charge is 0.301 e. The summed E-state index contributed by atoms with van der Waals surface area (Å²) in [5.74, 6) is -0.0157. The Bertz CT molecular complexity index is 1110. The van der Waals surface area contributed by atoms with Crippen molar-refractivity contribution in [3.8, 4) is 0 Å². The third-order valence-corrected chi connectivity index (χ3v) is 6.82. The molecule has 0 fully saturated rings. The van der Waals surface area contributed by atoms with E-state index in [-0.39, 0.29) is 17.7 Å². The number of hydrogen-bond donors (Lipinski definition) is 2. The molecule has 4 rings (SSSR count). The summed E-state index contributed by atoms with van der Waals surface area (Å²) in [6, 6.07) is 15.0. The van der Waals surface area contributed by atoms with Crippen LogP contribution in [-0.4, -0.2) is 25.8 Å². The minimum Gasteiger partial charge on any atom is -0.432 e. The lowest BCUT2D eigenvalue weighted by Gasteiger charge is -2.05. The molecule has 2 N–H and O–H groups in total. The predicted molar refractivity (Wildman–Crippen MR) is 112 cm³/mol. The predicted octanol–water partition coefficient (Wildman–Crippen LogP) is 4.15. The lowest BCUT2D eigenvalue weighted by atomic mass is 10.3. The summed E-state index contributed by atoms with van der Waals surface area (Å²) in [5, 5.41) is 2.57. The normalized spacial score (nSPS) is 12.0. The van der Waals surface area contributed by atoms with E-state index in [2.05, 4.69) is 20.0 Å². The SMILES string of the molecule is O=C(CSc1nc2ccc(NS(=O)c3ccccc3)cc2s1)Nc1ncco1. The van der Waals surface area contributed by atoms with E-state index in [1.165, 1.54) is 35.6 Å². The molecule has 28 heavy (non-hydrogen) atoms. The molecule has 7 nitrogen and oxygen atoms in total. The van der Waals surface area contributed by atoms with Gasteiger partial charge in [0, 0.05) is 5.69 Å². The number of thiazole rings is 1. The average molecular weight is 431 g/mol. The van der Waals surface area contributed by atoms with Gasteiger partial charge in [0.05, 0.1) is 27.1 Å². The second-order valence-electron chi connectivity index (χ2n) is 5.52. The number of aromatic nitrogens is 2. The number of benzene rings is 2. The number of nitrogens with one attached hydrogen (secondary N) is 2. The van der Waals surface area contributed by atoms with E-state index in [0.29, 0.717) is 4.90 Å². The molecular weight excluding hydrogens is 416 g/mol. The average Bonchev–Trinajstić information content (AvgIpc) is 3.36. The van der Waals surface area contributed by atoms with Crippen LogP contribution in [-0.2, 0) is 15.8 Å². The Morgan fingerprint density at radius 1 is 1.21 bits per heavy atom. The molecule has 0 aliphatic rings. The zero-order valence-corrected chi connectivity index (χ0v) is 16.8. The summed E-state index contributed by atoms with van der Waals surface area (Å²) in [7, 11) is -1.33.